The lowest BCUT2D eigenvalue weighted by Crippen LogP contribution is -2.25. The van der Waals surface area contributed by atoms with Crippen LogP contribution in [0.1, 0.15) is 32.8 Å². The molecule has 0 aliphatic heterocycles. The lowest BCUT2D eigenvalue weighted by atomic mass is 10.0. The lowest BCUT2D eigenvalue weighted by molar-refractivity contribution is 0.509. The van der Waals surface area contributed by atoms with Crippen molar-refractivity contribution in [2.45, 2.75) is 40.2 Å². The monoisotopic (exact) mass is 227 g/mol. The average molecular weight is 228 g/mol. The Kier molecular flexibility index (Phi) is 4.33. The number of hydrogen-bond donors (Lipinski definition) is 1. The third-order valence-corrected chi connectivity index (χ3v) is 2.97. The second-order valence-corrected chi connectivity index (χ2v) is 4.40. The standard InChI is InChI=1S/C11H18ClN3/c1-5-9(7(2)3)15-11-8(4)10(12)13-6-14-11/h6-7,9H,5H2,1-4H3,(H,13,14,15). The van der Waals surface area contributed by atoms with Crippen LogP contribution in [-0.2, 0) is 0 Å². The molecule has 84 valence electrons. The molecular formula is C11H18ClN3. The van der Waals surface area contributed by atoms with Gasteiger partial charge in [0.2, 0.25) is 0 Å². The Labute approximate surface area is 96.3 Å². The van der Waals surface area contributed by atoms with Crippen molar-refractivity contribution in [3.05, 3.63) is 17.0 Å². The van der Waals surface area contributed by atoms with Gasteiger partial charge in [0.25, 0.3) is 0 Å². The molecule has 1 unspecified atom stereocenters. The molecule has 0 saturated carbocycles. The Balaban J connectivity index is 2.84. The maximum atomic E-state index is 5.93. The van der Waals surface area contributed by atoms with Crippen LogP contribution in [-0.4, -0.2) is 16.0 Å². The van der Waals surface area contributed by atoms with Gasteiger partial charge >= 0.3 is 0 Å². The summed E-state index contributed by atoms with van der Waals surface area (Å²) in [6.07, 6.45) is 2.56. The zero-order valence-electron chi connectivity index (χ0n) is 9.71. The number of aromatic nitrogens is 2. The van der Waals surface area contributed by atoms with E-state index in [0.29, 0.717) is 17.1 Å². The van der Waals surface area contributed by atoms with Crippen molar-refractivity contribution in [1.29, 1.82) is 0 Å². The van der Waals surface area contributed by atoms with Crippen LogP contribution >= 0.6 is 11.6 Å². The summed E-state index contributed by atoms with van der Waals surface area (Å²) in [6.45, 7) is 8.48. The van der Waals surface area contributed by atoms with E-state index in [2.05, 4.69) is 36.1 Å². The number of nitrogens with one attached hydrogen (secondary N) is 1. The lowest BCUT2D eigenvalue weighted by Gasteiger charge is -2.22. The Hall–Kier alpha value is -0.830. The van der Waals surface area contributed by atoms with Gasteiger partial charge in [-0.25, -0.2) is 9.97 Å². The van der Waals surface area contributed by atoms with Crippen LogP contribution < -0.4 is 5.32 Å². The summed E-state index contributed by atoms with van der Waals surface area (Å²) in [5.41, 5.74) is 0.915. The molecule has 0 bridgehead atoms. The molecule has 15 heavy (non-hydrogen) atoms. The van der Waals surface area contributed by atoms with Gasteiger partial charge in [-0.15, -0.1) is 0 Å². The van der Waals surface area contributed by atoms with Gasteiger partial charge in [-0.2, -0.15) is 0 Å². The van der Waals surface area contributed by atoms with E-state index in [1.54, 1.807) is 0 Å². The van der Waals surface area contributed by atoms with Crippen molar-refractivity contribution in [3.63, 3.8) is 0 Å². The fourth-order valence-corrected chi connectivity index (χ4v) is 1.62. The second kappa shape index (κ2) is 5.31. The van der Waals surface area contributed by atoms with E-state index in [1.807, 2.05) is 6.92 Å². The Morgan fingerprint density at radius 3 is 2.60 bits per heavy atom. The summed E-state index contributed by atoms with van der Waals surface area (Å²) >= 11 is 5.93. The van der Waals surface area contributed by atoms with Gasteiger partial charge in [0.15, 0.2) is 0 Å². The van der Waals surface area contributed by atoms with E-state index in [0.717, 1.165) is 17.8 Å². The highest BCUT2D eigenvalue weighted by molar-refractivity contribution is 6.30. The van der Waals surface area contributed by atoms with E-state index in [9.17, 15) is 0 Å². The van der Waals surface area contributed by atoms with Crippen LogP contribution in [0.15, 0.2) is 6.33 Å². The van der Waals surface area contributed by atoms with Crippen molar-refractivity contribution >= 4 is 17.4 Å². The molecule has 0 amide bonds. The molecule has 0 radical (unpaired) electrons. The highest BCUT2D eigenvalue weighted by atomic mass is 35.5. The van der Waals surface area contributed by atoms with Crippen molar-refractivity contribution in [1.82, 2.24) is 9.97 Å². The molecule has 0 saturated heterocycles. The molecule has 1 rings (SSSR count). The Morgan fingerprint density at radius 1 is 1.40 bits per heavy atom. The summed E-state index contributed by atoms with van der Waals surface area (Å²) in [6, 6.07) is 0.426. The summed E-state index contributed by atoms with van der Waals surface area (Å²) in [7, 11) is 0. The second-order valence-electron chi connectivity index (χ2n) is 4.04. The summed E-state index contributed by atoms with van der Waals surface area (Å²) in [4.78, 5) is 8.13. The van der Waals surface area contributed by atoms with E-state index < -0.39 is 0 Å². The van der Waals surface area contributed by atoms with Gasteiger partial charge < -0.3 is 5.32 Å². The minimum absolute atomic E-state index is 0.426. The summed E-state index contributed by atoms with van der Waals surface area (Å²) < 4.78 is 0. The number of halogens is 1. The fourth-order valence-electron chi connectivity index (χ4n) is 1.49. The smallest absolute Gasteiger partial charge is 0.137 e. The van der Waals surface area contributed by atoms with Crippen LogP contribution in [0.25, 0.3) is 0 Å². The molecule has 1 atom stereocenters. The van der Waals surface area contributed by atoms with Crippen LogP contribution in [0.5, 0.6) is 0 Å². The van der Waals surface area contributed by atoms with Crippen LogP contribution in [0, 0.1) is 12.8 Å². The molecule has 1 aromatic heterocycles. The molecule has 0 fully saturated rings. The molecule has 4 heteroatoms. The molecule has 1 N–H and O–H groups in total. The first-order chi connectivity index (χ1) is 7.06. The normalized spacial score (nSPS) is 12.9. The highest BCUT2D eigenvalue weighted by Gasteiger charge is 2.13. The van der Waals surface area contributed by atoms with Crippen molar-refractivity contribution in [2.75, 3.05) is 5.32 Å². The van der Waals surface area contributed by atoms with Crippen LogP contribution in [0.4, 0.5) is 5.82 Å². The zero-order valence-corrected chi connectivity index (χ0v) is 10.5. The molecular weight excluding hydrogens is 210 g/mol. The molecule has 3 nitrogen and oxygen atoms in total. The van der Waals surface area contributed by atoms with Gasteiger partial charge in [0.1, 0.15) is 17.3 Å². The van der Waals surface area contributed by atoms with E-state index in [1.165, 1.54) is 6.33 Å². The maximum Gasteiger partial charge on any atom is 0.137 e. The van der Waals surface area contributed by atoms with Gasteiger partial charge in [0.05, 0.1) is 0 Å². The van der Waals surface area contributed by atoms with Crippen LogP contribution in [0.3, 0.4) is 0 Å². The summed E-state index contributed by atoms with van der Waals surface area (Å²) in [5, 5.41) is 3.92. The maximum absolute atomic E-state index is 5.93. The molecule has 0 spiro atoms. The number of hydrogen-bond acceptors (Lipinski definition) is 3. The highest BCUT2D eigenvalue weighted by Crippen LogP contribution is 2.20. The van der Waals surface area contributed by atoms with E-state index >= 15 is 0 Å². The third kappa shape index (κ3) is 3.06. The topological polar surface area (TPSA) is 37.8 Å². The first-order valence-corrected chi connectivity index (χ1v) is 5.67. The quantitative estimate of drug-likeness (QED) is 0.803. The molecule has 0 aliphatic carbocycles. The van der Waals surface area contributed by atoms with Crippen molar-refractivity contribution in [2.24, 2.45) is 5.92 Å². The molecule has 0 aromatic carbocycles. The van der Waals surface area contributed by atoms with E-state index in [-0.39, 0.29) is 0 Å². The first kappa shape index (κ1) is 12.2. The van der Waals surface area contributed by atoms with Gasteiger partial charge in [-0.05, 0) is 19.3 Å². The predicted molar refractivity (Wildman–Crippen MR) is 64.3 cm³/mol. The average Bonchev–Trinajstić information content (AvgIpc) is 2.19. The van der Waals surface area contributed by atoms with Crippen molar-refractivity contribution < 1.29 is 0 Å². The van der Waals surface area contributed by atoms with Gasteiger partial charge in [-0.1, -0.05) is 32.4 Å². The van der Waals surface area contributed by atoms with Gasteiger partial charge in [-0.3, -0.25) is 0 Å². The zero-order chi connectivity index (χ0) is 11.4. The van der Waals surface area contributed by atoms with Gasteiger partial charge in [0, 0.05) is 11.6 Å². The first-order valence-electron chi connectivity index (χ1n) is 5.29. The minimum atomic E-state index is 0.426. The molecule has 1 heterocycles. The largest absolute Gasteiger partial charge is 0.367 e. The third-order valence-electron chi connectivity index (χ3n) is 2.59. The van der Waals surface area contributed by atoms with Crippen molar-refractivity contribution in [3.8, 4) is 0 Å². The number of nitrogens with zero attached hydrogens (tertiary/aromatic N) is 2. The minimum Gasteiger partial charge on any atom is -0.367 e. The van der Waals surface area contributed by atoms with Crippen LogP contribution in [0.2, 0.25) is 5.15 Å². The fraction of sp³-hybridized carbons (Fsp3) is 0.636. The SMILES string of the molecule is CCC(Nc1ncnc(Cl)c1C)C(C)C. The Bertz CT molecular complexity index is 326. The Morgan fingerprint density at radius 2 is 2.07 bits per heavy atom. The molecule has 0 aliphatic rings. The number of anilines is 1. The summed E-state index contributed by atoms with van der Waals surface area (Å²) in [5.74, 6) is 1.42. The molecule has 1 aromatic rings. The predicted octanol–water partition coefficient (Wildman–Crippen LogP) is 3.28. The van der Waals surface area contributed by atoms with E-state index in [4.69, 9.17) is 11.6 Å². The number of rotatable bonds is 4.